The van der Waals surface area contributed by atoms with Crippen molar-refractivity contribution in [2.75, 3.05) is 0 Å². The lowest BCUT2D eigenvalue weighted by Crippen LogP contribution is -1.91. The van der Waals surface area contributed by atoms with Gasteiger partial charge in [-0.3, -0.25) is 10.1 Å². The highest BCUT2D eigenvalue weighted by molar-refractivity contribution is 5.95. The lowest BCUT2D eigenvalue weighted by atomic mass is 9.99. The number of pyridine rings is 2. The van der Waals surface area contributed by atoms with Crippen molar-refractivity contribution >= 4 is 16.4 Å². The van der Waals surface area contributed by atoms with Gasteiger partial charge in [-0.05, 0) is 23.8 Å². The maximum absolute atomic E-state index is 4.30. The first-order valence-corrected chi connectivity index (χ1v) is 7.69. The van der Waals surface area contributed by atoms with Crippen LogP contribution in [0.15, 0.2) is 73.7 Å². The van der Waals surface area contributed by atoms with Crippen molar-refractivity contribution in [3.8, 4) is 22.3 Å². The number of fused-ring (bicyclic) bond motifs is 2. The second kappa shape index (κ2) is 5.03. The van der Waals surface area contributed by atoms with Gasteiger partial charge < -0.3 is 4.40 Å². The van der Waals surface area contributed by atoms with E-state index in [1.807, 2.05) is 43.2 Å². The number of aromatic nitrogens is 5. The van der Waals surface area contributed by atoms with Crippen LogP contribution in [-0.2, 0) is 0 Å². The number of nitrogens with one attached hydrogen (secondary N) is 1. The van der Waals surface area contributed by atoms with Crippen LogP contribution in [0, 0.1) is 0 Å². The van der Waals surface area contributed by atoms with Gasteiger partial charge in [0.2, 0.25) is 0 Å². The molecule has 5 aromatic rings. The predicted molar refractivity (Wildman–Crippen MR) is 93.5 cm³/mol. The van der Waals surface area contributed by atoms with E-state index in [4.69, 9.17) is 0 Å². The van der Waals surface area contributed by atoms with Crippen LogP contribution in [0.25, 0.3) is 38.7 Å². The molecule has 1 N–H and O–H groups in total. The van der Waals surface area contributed by atoms with E-state index in [1.165, 1.54) is 0 Å². The lowest BCUT2D eigenvalue weighted by molar-refractivity contribution is 1.12. The highest BCUT2D eigenvalue weighted by Crippen LogP contribution is 2.32. The fraction of sp³-hybridized carbons (Fsp3) is 0. The number of imidazole rings is 1. The van der Waals surface area contributed by atoms with E-state index in [9.17, 15) is 0 Å². The average Bonchev–Trinajstić information content (AvgIpc) is 3.30. The Kier molecular flexibility index (Phi) is 2.72. The maximum atomic E-state index is 4.30. The SMILES string of the molecule is c1cc(-c2cc(-c3ccncc3)c3cncn3c2)c2[nH]ncc2c1. The van der Waals surface area contributed by atoms with Crippen LogP contribution in [0.3, 0.4) is 0 Å². The molecule has 114 valence electrons. The second-order valence-electron chi connectivity index (χ2n) is 5.70. The van der Waals surface area contributed by atoms with Crippen molar-refractivity contribution in [3.63, 3.8) is 0 Å². The van der Waals surface area contributed by atoms with Gasteiger partial charge in [0, 0.05) is 40.7 Å². The number of hydrogen-bond acceptors (Lipinski definition) is 3. The molecule has 1 aromatic carbocycles. The zero-order chi connectivity index (χ0) is 15.9. The Hall–Kier alpha value is -3.47. The summed E-state index contributed by atoms with van der Waals surface area (Å²) in [7, 11) is 0. The van der Waals surface area contributed by atoms with Gasteiger partial charge in [-0.15, -0.1) is 0 Å². The molecule has 0 radical (unpaired) electrons. The molecular weight excluding hydrogens is 298 g/mol. The number of nitrogens with zero attached hydrogens (tertiary/aromatic N) is 4. The van der Waals surface area contributed by atoms with Gasteiger partial charge in [0.1, 0.15) is 0 Å². The van der Waals surface area contributed by atoms with Crippen molar-refractivity contribution in [2.24, 2.45) is 0 Å². The minimum atomic E-state index is 1.04. The number of H-pyrrole nitrogens is 1. The summed E-state index contributed by atoms with van der Waals surface area (Å²) < 4.78 is 2.06. The number of rotatable bonds is 2. The van der Waals surface area contributed by atoms with Gasteiger partial charge >= 0.3 is 0 Å². The topological polar surface area (TPSA) is 58.9 Å². The quantitative estimate of drug-likeness (QED) is 0.537. The summed E-state index contributed by atoms with van der Waals surface area (Å²) >= 11 is 0. The first-order chi connectivity index (χ1) is 11.9. The van der Waals surface area contributed by atoms with Crippen LogP contribution in [0.1, 0.15) is 0 Å². The molecule has 24 heavy (non-hydrogen) atoms. The summed E-state index contributed by atoms with van der Waals surface area (Å²) in [5.74, 6) is 0. The van der Waals surface area contributed by atoms with Gasteiger partial charge in [0.25, 0.3) is 0 Å². The van der Waals surface area contributed by atoms with E-state index in [0.717, 1.165) is 38.7 Å². The Morgan fingerprint density at radius 2 is 1.79 bits per heavy atom. The van der Waals surface area contributed by atoms with Crippen molar-refractivity contribution in [1.82, 2.24) is 24.6 Å². The third-order valence-electron chi connectivity index (χ3n) is 4.30. The Labute approximate surface area is 137 Å². The number of benzene rings is 1. The summed E-state index contributed by atoms with van der Waals surface area (Å²) in [6.07, 6.45) is 11.3. The largest absolute Gasteiger partial charge is 0.305 e. The molecule has 0 saturated carbocycles. The van der Waals surface area contributed by atoms with E-state index >= 15 is 0 Å². The molecule has 0 fully saturated rings. The van der Waals surface area contributed by atoms with E-state index in [2.05, 4.69) is 55.0 Å². The highest BCUT2D eigenvalue weighted by atomic mass is 15.1. The third-order valence-corrected chi connectivity index (χ3v) is 4.30. The Morgan fingerprint density at radius 1 is 0.875 bits per heavy atom. The molecule has 0 unspecified atom stereocenters. The molecule has 0 aliphatic carbocycles. The average molecular weight is 311 g/mol. The number of aromatic amines is 1. The zero-order valence-corrected chi connectivity index (χ0v) is 12.7. The summed E-state index contributed by atoms with van der Waals surface area (Å²) in [5.41, 5.74) is 6.59. The lowest BCUT2D eigenvalue weighted by Gasteiger charge is -2.10. The van der Waals surface area contributed by atoms with Crippen molar-refractivity contribution in [1.29, 1.82) is 0 Å². The molecule has 0 aliphatic heterocycles. The van der Waals surface area contributed by atoms with Crippen molar-refractivity contribution < 1.29 is 0 Å². The van der Waals surface area contributed by atoms with Gasteiger partial charge in [-0.1, -0.05) is 18.2 Å². The molecule has 0 spiro atoms. The molecule has 0 bridgehead atoms. The molecule has 0 aliphatic rings. The third kappa shape index (κ3) is 1.91. The van der Waals surface area contributed by atoms with Crippen LogP contribution in [0.2, 0.25) is 0 Å². The van der Waals surface area contributed by atoms with E-state index in [0.29, 0.717) is 0 Å². The Morgan fingerprint density at radius 3 is 2.71 bits per heavy atom. The minimum absolute atomic E-state index is 1.04. The van der Waals surface area contributed by atoms with Crippen molar-refractivity contribution in [3.05, 3.63) is 73.7 Å². The highest BCUT2D eigenvalue weighted by Gasteiger charge is 2.11. The number of para-hydroxylation sites is 1. The van der Waals surface area contributed by atoms with E-state index < -0.39 is 0 Å². The van der Waals surface area contributed by atoms with E-state index in [1.54, 1.807) is 0 Å². The van der Waals surface area contributed by atoms with Gasteiger partial charge in [0.15, 0.2) is 0 Å². The molecule has 5 rings (SSSR count). The molecule has 0 atom stereocenters. The van der Waals surface area contributed by atoms with Crippen LogP contribution < -0.4 is 0 Å². The van der Waals surface area contributed by atoms with Crippen LogP contribution in [0.4, 0.5) is 0 Å². The summed E-state index contributed by atoms with van der Waals surface area (Å²) in [6, 6.07) is 12.4. The normalized spacial score (nSPS) is 11.3. The smallest absolute Gasteiger partial charge is 0.0992 e. The van der Waals surface area contributed by atoms with E-state index in [-0.39, 0.29) is 0 Å². The number of hydrogen-bond donors (Lipinski definition) is 1. The molecule has 4 heterocycles. The molecule has 4 aromatic heterocycles. The van der Waals surface area contributed by atoms with Crippen LogP contribution in [0.5, 0.6) is 0 Å². The Balaban J connectivity index is 1.83. The second-order valence-corrected chi connectivity index (χ2v) is 5.70. The predicted octanol–water partition coefficient (Wildman–Crippen LogP) is 3.94. The fourth-order valence-corrected chi connectivity index (χ4v) is 3.15. The molecule has 5 heteroatoms. The Bertz CT molecular complexity index is 1150. The summed E-state index contributed by atoms with van der Waals surface area (Å²) in [4.78, 5) is 8.42. The van der Waals surface area contributed by atoms with Gasteiger partial charge in [-0.25, -0.2) is 4.98 Å². The van der Waals surface area contributed by atoms with Crippen molar-refractivity contribution in [2.45, 2.75) is 0 Å². The van der Waals surface area contributed by atoms with Gasteiger partial charge in [-0.2, -0.15) is 5.10 Å². The fourth-order valence-electron chi connectivity index (χ4n) is 3.15. The first kappa shape index (κ1) is 13.0. The van der Waals surface area contributed by atoms with Gasteiger partial charge in [0.05, 0.1) is 29.8 Å². The molecule has 0 amide bonds. The molecule has 5 nitrogen and oxygen atoms in total. The maximum Gasteiger partial charge on any atom is 0.0992 e. The summed E-state index contributed by atoms with van der Waals surface area (Å²) in [5, 5.41) is 8.37. The molecule has 0 saturated heterocycles. The first-order valence-electron chi connectivity index (χ1n) is 7.69. The zero-order valence-electron chi connectivity index (χ0n) is 12.7. The molecular formula is C19H13N5. The monoisotopic (exact) mass is 311 g/mol. The van der Waals surface area contributed by atoms with Crippen LogP contribution >= 0.6 is 0 Å². The minimum Gasteiger partial charge on any atom is -0.305 e. The summed E-state index contributed by atoms with van der Waals surface area (Å²) in [6.45, 7) is 0. The van der Waals surface area contributed by atoms with Crippen LogP contribution in [-0.4, -0.2) is 24.6 Å². The standard InChI is InChI=1S/C19H13N5/c1-2-14-9-22-23-19(14)16(3-1)15-8-17(13-4-6-20-7-5-13)18-10-21-12-24(18)11-15/h1-12H,(H,22,23).